The molecule has 6 rings (SSSR count). The first-order chi connectivity index (χ1) is 17.1. The van der Waals surface area contributed by atoms with Crippen molar-refractivity contribution in [2.75, 3.05) is 36.5 Å². The minimum atomic E-state index is -0.258. The van der Waals surface area contributed by atoms with E-state index in [9.17, 15) is 4.79 Å². The molecular formula is C24H25N9O2. The number of aromatic amines is 2. The maximum Gasteiger partial charge on any atom is 0.261 e. The molecule has 11 nitrogen and oxygen atoms in total. The molecule has 0 radical (unpaired) electrons. The largest absolute Gasteiger partial charge is 0.378 e. The fourth-order valence-electron chi connectivity index (χ4n) is 4.59. The summed E-state index contributed by atoms with van der Waals surface area (Å²) in [4.78, 5) is 35.3. The molecule has 178 valence electrons. The number of hydrogen-bond acceptors (Lipinski definition) is 8. The highest BCUT2D eigenvalue weighted by molar-refractivity contribution is 5.96. The van der Waals surface area contributed by atoms with Crippen LogP contribution in [0.5, 0.6) is 0 Å². The van der Waals surface area contributed by atoms with Crippen molar-refractivity contribution in [3.05, 3.63) is 58.5 Å². The number of pyridine rings is 1. The molecule has 0 spiro atoms. The van der Waals surface area contributed by atoms with Gasteiger partial charge < -0.3 is 24.9 Å². The van der Waals surface area contributed by atoms with Crippen molar-refractivity contribution >= 4 is 33.4 Å². The van der Waals surface area contributed by atoms with Gasteiger partial charge in [-0.1, -0.05) is 0 Å². The van der Waals surface area contributed by atoms with Crippen molar-refractivity contribution in [3.8, 4) is 11.4 Å². The highest BCUT2D eigenvalue weighted by Gasteiger charge is 2.21. The molecule has 1 aliphatic rings. The van der Waals surface area contributed by atoms with E-state index in [2.05, 4.69) is 54.3 Å². The molecule has 4 aromatic heterocycles. The van der Waals surface area contributed by atoms with Crippen LogP contribution in [-0.4, -0.2) is 61.0 Å². The van der Waals surface area contributed by atoms with Gasteiger partial charge in [0.15, 0.2) is 0 Å². The van der Waals surface area contributed by atoms with E-state index in [-0.39, 0.29) is 5.56 Å². The van der Waals surface area contributed by atoms with Crippen LogP contribution in [0.4, 0.5) is 11.4 Å². The van der Waals surface area contributed by atoms with Gasteiger partial charge in [-0.2, -0.15) is 5.10 Å². The van der Waals surface area contributed by atoms with Gasteiger partial charge in [0.1, 0.15) is 22.7 Å². The Labute approximate surface area is 200 Å². The minimum absolute atomic E-state index is 0.258. The van der Waals surface area contributed by atoms with Gasteiger partial charge in [-0.25, -0.2) is 15.0 Å². The Morgan fingerprint density at radius 1 is 1.11 bits per heavy atom. The van der Waals surface area contributed by atoms with Crippen LogP contribution in [0.1, 0.15) is 11.4 Å². The fraction of sp³-hybridized carbons (Fsp3) is 0.292. The van der Waals surface area contributed by atoms with E-state index >= 15 is 0 Å². The quantitative estimate of drug-likeness (QED) is 0.356. The van der Waals surface area contributed by atoms with Gasteiger partial charge >= 0.3 is 0 Å². The SMILES string of the molecule is Cc1cc2[nH]c(-c3c(NCc4ncccn4)c4nn(C)cc4[nH]c3=O)nc2cc1N1CCOCC1. The summed E-state index contributed by atoms with van der Waals surface area (Å²) < 4.78 is 7.18. The zero-order chi connectivity index (χ0) is 23.9. The molecule has 1 saturated heterocycles. The standard InChI is InChI=1S/C24H25N9O2/c1-14-10-15-16(11-18(14)33-6-8-35-9-7-33)29-23(28-15)20-22(27-12-19-25-4-3-5-26-19)21-17(30-24(20)34)13-32(2)31-21/h3-5,10-11,13,27H,6-9,12H2,1-2H3,(H,28,29)(H,30,34). The number of hydrogen-bond donors (Lipinski definition) is 3. The van der Waals surface area contributed by atoms with Crippen LogP contribution in [0.25, 0.3) is 33.5 Å². The van der Waals surface area contributed by atoms with Crippen molar-refractivity contribution in [2.45, 2.75) is 13.5 Å². The van der Waals surface area contributed by atoms with E-state index in [1.54, 1.807) is 29.3 Å². The summed E-state index contributed by atoms with van der Waals surface area (Å²) in [6.45, 7) is 5.53. The number of nitrogens with zero attached hydrogens (tertiary/aromatic N) is 6. The monoisotopic (exact) mass is 471 g/mol. The molecule has 11 heteroatoms. The lowest BCUT2D eigenvalue weighted by Crippen LogP contribution is -2.36. The first kappa shape index (κ1) is 21.3. The number of morpholine rings is 1. The Morgan fingerprint density at radius 3 is 2.71 bits per heavy atom. The van der Waals surface area contributed by atoms with Crippen LogP contribution in [-0.2, 0) is 18.3 Å². The van der Waals surface area contributed by atoms with Crippen molar-refractivity contribution in [3.63, 3.8) is 0 Å². The molecule has 0 saturated carbocycles. The molecule has 5 aromatic rings. The van der Waals surface area contributed by atoms with Crippen LogP contribution in [0.2, 0.25) is 0 Å². The summed E-state index contributed by atoms with van der Waals surface area (Å²) in [6.07, 6.45) is 5.15. The van der Waals surface area contributed by atoms with E-state index < -0.39 is 0 Å². The summed E-state index contributed by atoms with van der Waals surface area (Å²) in [5.74, 6) is 1.09. The van der Waals surface area contributed by atoms with Crippen LogP contribution >= 0.6 is 0 Å². The molecule has 0 atom stereocenters. The average molecular weight is 472 g/mol. The lowest BCUT2D eigenvalue weighted by Gasteiger charge is -2.30. The number of imidazole rings is 1. The van der Waals surface area contributed by atoms with Gasteiger partial charge in [0.25, 0.3) is 5.56 Å². The molecule has 0 bridgehead atoms. The molecule has 0 unspecified atom stereocenters. The Morgan fingerprint density at radius 2 is 1.91 bits per heavy atom. The molecule has 3 N–H and O–H groups in total. The number of H-pyrrole nitrogens is 2. The normalized spacial score (nSPS) is 14.2. The van der Waals surface area contributed by atoms with E-state index in [1.165, 1.54) is 0 Å². The lowest BCUT2D eigenvalue weighted by molar-refractivity contribution is 0.122. The second kappa shape index (κ2) is 8.51. The van der Waals surface area contributed by atoms with Gasteiger partial charge in [0.05, 0.1) is 42.0 Å². The predicted octanol–water partition coefficient (Wildman–Crippen LogP) is 2.35. The third-order valence-corrected chi connectivity index (χ3v) is 6.22. The Balaban J connectivity index is 1.47. The second-order valence-corrected chi connectivity index (χ2v) is 8.63. The summed E-state index contributed by atoms with van der Waals surface area (Å²) in [7, 11) is 1.82. The highest BCUT2D eigenvalue weighted by Crippen LogP contribution is 2.32. The Kier molecular flexibility index (Phi) is 5.18. The first-order valence-corrected chi connectivity index (χ1v) is 11.5. The maximum atomic E-state index is 13.3. The van der Waals surface area contributed by atoms with Crippen LogP contribution < -0.4 is 15.8 Å². The predicted molar refractivity (Wildman–Crippen MR) is 134 cm³/mol. The van der Waals surface area contributed by atoms with E-state index in [4.69, 9.17) is 9.72 Å². The minimum Gasteiger partial charge on any atom is -0.378 e. The van der Waals surface area contributed by atoms with Crippen molar-refractivity contribution in [1.82, 2.24) is 34.7 Å². The summed E-state index contributed by atoms with van der Waals surface area (Å²) in [5.41, 5.74) is 5.94. The maximum absolute atomic E-state index is 13.3. The summed E-state index contributed by atoms with van der Waals surface area (Å²) in [6, 6.07) is 5.92. The van der Waals surface area contributed by atoms with Gasteiger partial charge in [-0.3, -0.25) is 9.48 Å². The topological polar surface area (TPSA) is 130 Å². The molecular weight excluding hydrogens is 446 g/mol. The molecule has 1 aliphatic heterocycles. The molecule has 5 heterocycles. The zero-order valence-electron chi connectivity index (χ0n) is 19.5. The number of fused-ring (bicyclic) bond motifs is 2. The number of benzene rings is 1. The second-order valence-electron chi connectivity index (χ2n) is 8.63. The number of anilines is 2. The lowest BCUT2D eigenvalue weighted by atomic mass is 10.1. The van der Waals surface area contributed by atoms with Crippen molar-refractivity contribution < 1.29 is 4.74 Å². The van der Waals surface area contributed by atoms with E-state index in [0.29, 0.717) is 53.7 Å². The average Bonchev–Trinajstić information content (AvgIpc) is 3.44. The van der Waals surface area contributed by atoms with E-state index in [1.807, 2.05) is 7.05 Å². The number of rotatable bonds is 5. The van der Waals surface area contributed by atoms with Crippen LogP contribution in [0.3, 0.4) is 0 Å². The zero-order valence-corrected chi connectivity index (χ0v) is 19.5. The van der Waals surface area contributed by atoms with Gasteiger partial charge in [0, 0.05) is 44.4 Å². The van der Waals surface area contributed by atoms with Gasteiger partial charge in [-0.15, -0.1) is 0 Å². The number of aryl methyl sites for hydroxylation is 2. The number of aromatic nitrogens is 7. The molecule has 0 aliphatic carbocycles. The third kappa shape index (κ3) is 3.89. The smallest absolute Gasteiger partial charge is 0.261 e. The van der Waals surface area contributed by atoms with Gasteiger partial charge in [-0.05, 0) is 30.7 Å². The number of ether oxygens (including phenoxy) is 1. The molecule has 0 amide bonds. The van der Waals surface area contributed by atoms with Crippen LogP contribution in [0.15, 0.2) is 41.6 Å². The highest BCUT2D eigenvalue weighted by atomic mass is 16.5. The van der Waals surface area contributed by atoms with Crippen LogP contribution in [0, 0.1) is 6.92 Å². The summed E-state index contributed by atoms with van der Waals surface area (Å²) in [5, 5.41) is 7.92. The van der Waals surface area contributed by atoms with Crippen molar-refractivity contribution in [2.24, 2.45) is 7.05 Å². The van der Waals surface area contributed by atoms with Crippen molar-refractivity contribution in [1.29, 1.82) is 0 Å². The molecule has 1 fully saturated rings. The van der Waals surface area contributed by atoms with E-state index in [0.717, 1.165) is 35.4 Å². The molecule has 1 aromatic carbocycles. The third-order valence-electron chi connectivity index (χ3n) is 6.22. The Hall–Kier alpha value is -4.25. The molecule has 35 heavy (non-hydrogen) atoms. The number of nitrogens with one attached hydrogen (secondary N) is 3. The van der Waals surface area contributed by atoms with Gasteiger partial charge in [0.2, 0.25) is 0 Å². The summed E-state index contributed by atoms with van der Waals surface area (Å²) >= 11 is 0. The Bertz CT molecular complexity index is 1580. The fourth-order valence-corrected chi connectivity index (χ4v) is 4.59. The first-order valence-electron chi connectivity index (χ1n) is 11.5.